The van der Waals surface area contributed by atoms with Gasteiger partial charge in [0.1, 0.15) is 0 Å². The van der Waals surface area contributed by atoms with Gasteiger partial charge in [0.05, 0.1) is 0 Å². The molecule has 2 atom stereocenters. The number of carbonyl (C=O) groups is 1. The van der Waals surface area contributed by atoms with E-state index in [0.717, 1.165) is 44.5 Å². The number of hydrogen-bond acceptors (Lipinski definition) is 2. The fourth-order valence-corrected chi connectivity index (χ4v) is 4.67. The molecule has 1 saturated heterocycles. The minimum Gasteiger partial charge on any atom is -0.362 e. The molecular formula is C21H27ClN2O. The molecule has 1 N–H and O–H groups in total. The molecule has 1 aliphatic carbocycles. The second kappa shape index (κ2) is 7.35. The Morgan fingerprint density at radius 2 is 2.00 bits per heavy atom. The highest BCUT2D eigenvalue weighted by atomic mass is 35.5. The molecule has 3 nitrogen and oxygen atoms in total. The SMILES string of the molecule is CCc1c(C)[nH]c2c1C(=O)[C@@H]1CN(Cc3ccccc3)CC[C@H]1C2.Cl. The van der Waals surface area contributed by atoms with E-state index in [4.69, 9.17) is 0 Å². The monoisotopic (exact) mass is 358 g/mol. The van der Waals surface area contributed by atoms with E-state index < -0.39 is 0 Å². The van der Waals surface area contributed by atoms with E-state index in [2.05, 4.69) is 54.1 Å². The van der Waals surface area contributed by atoms with E-state index in [1.165, 1.54) is 22.5 Å². The van der Waals surface area contributed by atoms with E-state index in [1.54, 1.807) is 0 Å². The van der Waals surface area contributed by atoms with Crippen molar-refractivity contribution in [2.45, 2.75) is 39.7 Å². The van der Waals surface area contributed by atoms with Crippen LogP contribution in [0.25, 0.3) is 0 Å². The summed E-state index contributed by atoms with van der Waals surface area (Å²) in [6.45, 7) is 7.22. The van der Waals surface area contributed by atoms with E-state index in [0.29, 0.717) is 11.7 Å². The maximum absolute atomic E-state index is 13.2. The molecule has 0 bridgehead atoms. The van der Waals surface area contributed by atoms with Gasteiger partial charge in [-0.2, -0.15) is 0 Å². The number of carbonyl (C=O) groups excluding carboxylic acids is 1. The Morgan fingerprint density at radius 1 is 1.24 bits per heavy atom. The summed E-state index contributed by atoms with van der Waals surface area (Å²) in [5.74, 6) is 1.08. The van der Waals surface area contributed by atoms with E-state index >= 15 is 0 Å². The van der Waals surface area contributed by atoms with Crippen LogP contribution < -0.4 is 0 Å². The second-order valence-corrected chi connectivity index (χ2v) is 7.38. The van der Waals surface area contributed by atoms with Crippen molar-refractivity contribution in [1.29, 1.82) is 0 Å². The maximum Gasteiger partial charge on any atom is 0.169 e. The van der Waals surface area contributed by atoms with E-state index in [1.807, 2.05) is 0 Å². The quantitative estimate of drug-likeness (QED) is 0.893. The molecule has 2 aromatic rings. The van der Waals surface area contributed by atoms with Crippen LogP contribution in [0.4, 0.5) is 0 Å². The Labute approximate surface area is 156 Å². The number of H-pyrrole nitrogens is 1. The number of aromatic amines is 1. The number of benzene rings is 1. The molecule has 1 aromatic carbocycles. The summed E-state index contributed by atoms with van der Waals surface area (Å²) in [6, 6.07) is 10.6. The van der Waals surface area contributed by atoms with E-state index in [9.17, 15) is 4.79 Å². The number of nitrogens with zero attached hydrogens (tertiary/aromatic N) is 1. The van der Waals surface area contributed by atoms with Crippen molar-refractivity contribution in [2.24, 2.45) is 11.8 Å². The largest absolute Gasteiger partial charge is 0.362 e. The van der Waals surface area contributed by atoms with Crippen LogP contribution in [0.3, 0.4) is 0 Å². The molecule has 134 valence electrons. The number of aromatic nitrogens is 1. The van der Waals surface area contributed by atoms with Crippen molar-refractivity contribution in [3.8, 4) is 0 Å². The van der Waals surface area contributed by atoms with Crippen molar-refractivity contribution < 1.29 is 4.79 Å². The molecule has 0 saturated carbocycles. The third kappa shape index (κ3) is 3.28. The Hall–Kier alpha value is -1.58. The third-order valence-corrected chi connectivity index (χ3v) is 5.89. The zero-order valence-electron chi connectivity index (χ0n) is 15.0. The van der Waals surface area contributed by atoms with Crippen LogP contribution in [0.2, 0.25) is 0 Å². The lowest BCUT2D eigenvalue weighted by molar-refractivity contribution is 0.0644. The summed E-state index contributed by atoms with van der Waals surface area (Å²) in [5, 5.41) is 0. The lowest BCUT2D eigenvalue weighted by Crippen LogP contribution is -2.46. The number of nitrogens with one attached hydrogen (secondary N) is 1. The number of aryl methyl sites for hydroxylation is 1. The van der Waals surface area contributed by atoms with Gasteiger partial charge in [0.15, 0.2) is 5.78 Å². The van der Waals surface area contributed by atoms with Gasteiger partial charge in [0, 0.05) is 36.0 Å². The number of likely N-dealkylation sites (tertiary alicyclic amines) is 1. The fraction of sp³-hybridized carbons (Fsp3) is 0.476. The molecule has 4 heteroatoms. The van der Waals surface area contributed by atoms with Gasteiger partial charge < -0.3 is 4.98 Å². The summed E-state index contributed by atoms with van der Waals surface area (Å²) < 4.78 is 0. The molecule has 2 aliphatic rings. The van der Waals surface area contributed by atoms with Crippen LogP contribution >= 0.6 is 12.4 Å². The molecule has 4 rings (SSSR count). The van der Waals surface area contributed by atoms with Crippen LogP contribution in [0.15, 0.2) is 30.3 Å². The summed E-state index contributed by atoms with van der Waals surface area (Å²) >= 11 is 0. The lowest BCUT2D eigenvalue weighted by atomic mass is 9.72. The zero-order valence-corrected chi connectivity index (χ0v) is 15.9. The average Bonchev–Trinajstić information content (AvgIpc) is 2.92. The Morgan fingerprint density at radius 3 is 2.72 bits per heavy atom. The van der Waals surface area contributed by atoms with E-state index in [-0.39, 0.29) is 18.3 Å². The highest BCUT2D eigenvalue weighted by molar-refractivity contribution is 6.02. The van der Waals surface area contributed by atoms with Crippen LogP contribution in [-0.4, -0.2) is 28.8 Å². The minimum absolute atomic E-state index is 0. The van der Waals surface area contributed by atoms with Crippen LogP contribution in [0.1, 0.15) is 46.2 Å². The fourth-order valence-electron chi connectivity index (χ4n) is 4.67. The Balaban J connectivity index is 0.00000182. The average molecular weight is 359 g/mol. The molecule has 25 heavy (non-hydrogen) atoms. The second-order valence-electron chi connectivity index (χ2n) is 7.38. The number of rotatable bonds is 3. The van der Waals surface area contributed by atoms with Gasteiger partial charge in [0.25, 0.3) is 0 Å². The molecule has 0 amide bonds. The molecule has 1 aliphatic heterocycles. The molecule has 0 radical (unpaired) electrons. The van der Waals surface area contributed by atoms with Crippen LogP contribution in [-0.2, 0) is 19.4 Å². The third-order valence-electron chi connectivity index (χ3n) is 5.89. The highest BCUT2D eigenvalue weighted by Gasteiger charge is 2.41. The Kier molecular flexibility index (Phi) is 5.35. The predicted molar refractivity (Wildman–Crippen MR) is 104 cm³/mol. The number of hydrogen-bond donors (Lipinski definition) is 1. The number of fused-ring (bicyclic) bond motifs is 2. The molecule has 0 spiro atoms. The van der Waals surface area contributed by atoms with Gasteiger partial charge in [-0.1, -0.05) is 37.3 Å². The first-order chi connectivity index (χ1) is 11.7. The Bertz CT molecular complexity index is 753. The summed E-state index contributed by atoms with van der Waals surface area (Å²) in [5.41, 5.74) is 6.00. The number of Topliss-reactive ketones (excluding diaryl/α,β-unsaturated/α-hetero) is 1. The first-order valence-corrected chi connectivity index (χ1v) is 9.18. The van der Waals surface area contributed by atoms with Gasteiger partial charge >= 0.3 is 0 Å². The van der Waals surface area contributed by atoms with Crippen molar-refractivity contribution >= 4 is 18.2 Å². The number of halogens is 1. The molecule has 1 aromatic heterocycles. The first-order valence-electron chi connectivity index (χ1n) is 9.18. The van der Waals surface area contributed by atoms with Crippen LogP contribution in [0.5, 0.6) is 0 Å². The van der Waals surface area contributed by atoms with Crippen molar-refractivity contribution in [3.63, 3.8) is 0 Å². The summed E-state index contributed by atoms with van der Waals surface area (Å²) in [7, 11) is 0. The molecule has 1 fully saturated rings. The van der Waals surface area contributed by atoms with Gasteiger partial charge in [-0.25, -0.2) is 0 Å². The minimum atomic E-state index is 0. The van der Waals surface area contributed by atoms with Gasteiger partial charge in [-0.15, -0.1) is 12.4 Å². The van der Waals surface area contributed by atoms with Crippen LogP contribution in [0, 0.1) is 18.8 Å². The summed E-state index contributed by atoms with van der Waals surface area (Å²) in [4.78, 5) is 19.2. The number of ketones is 1. The first kappa shape index (κ1) is 18.2. The molecule has 2 heterocycles. The lowest BCUT2D eigenvalue weighted by Gasteiger charge is -2.40. The maximum atomic E-state index is 13.2. The van der Waals surface area contributed by atoms with Crippen molar-refractivity contribution in [2.75, 3.05) is 13.1 Å². The van der Waals surface area contributed by atoms with Gasteiger partial charge in [0.2, 0.25) is 0 Å². The topological polar surface area (TPSA) is 36.1 Å². The zero-order chi connectivity index (χ0) is 16.7. The highest BCUT2D eigenvalue weighted by Crippen LogP contribution is 2.38. The van der Waals surface area contributed by atoms with Crippen molar-refractivity contribution in [1.82, 2.24) is 9.88 Å². The normalized spacial score (nSPS) is 22.9. The molecular weight excluding hydrogens is 332 g/mol. The van der Waals surface area contributed by atoms with Gasteiger partial charge in [-0.3, -0.25) is 9.69 Å². The van der Waals surface area contributed by atoms with Crippen molar-refractivity contribution in [3.05, 3.63) is 58.4 Å². The predicted octanol–water partition coefficient (Wildman–Crippen LogP) is 4.18. The smallest absolute Gasteiger partial charge is 0.169 e. The van der Waals surface area contributed by atoms with Gasteiger partial charge in [-0.05, 0) is 49.8 Å². The summed E-state index contributed by atoms with van der Waals surface area (Å²) in [6.07, 6.45) is 3.11. The molecule has 0 unspecified atom stereocenters. The number of piperidine rings is 1. The standard InChI is InChI=1S/C21H26N2O.ClH/c1-3-17-14(2)22-19-11-16-9-10-23(12-15-7-5-4-6-8-15)13-18(16)21(24)20(17)19;/h4-8,16,18,22H,3,9-13H2,1-2H3;1H/t16-,18+;/m0./s1.